The highest BCUT2D eigenvalue weighted by Crippen LogP contribution is 2.29. The van der Waals surface area contributed by atoms with Gasteiger partial charge in [0.25, 0.3) is 0 Å². The van der Waals surface area contributed by atoms with Gasteiger partial charge in [-0.25, -0.2) is 4.98 Å². The van der Waals surface area contributed by atoms with Gasteiger partial charge in [0, 0.05) is 33.8 Å². The van der Waals surface area contributed by atoms with Gasteiger partial charge in [-0.1, -0.05) is 6.92 Å². The molecule has 0 aliphatic rings. The number of thiophene rings is 1. The standard InChI is InChI=1S/C14H20N2OS2/c1-4-5-15-12(7-14-16-10(2)8-19-14)13-6-11(17-3)9-18-13/h6,8-9,12,15H,4-5,7H2,1-3H3. The van der Waals surface area contributed by atoms with Gasteiger partial charge in [-0.2, -0.15) is 0 Å². The molecule has 0 aromatic carbocycles. The van der Waals surface area contributed by atoms with Crippen LogP contribution in [0.1, 0.15) is 35.0 Å². The summed E-state index contributed by atoms with van der Waals surface area (Å²) in [4.78, 5) is 5.88. The lowest BCUT2D eigenvalue weighted by molar-refractivity contribution is 0.415. The molecule has 0 aliphatic heterocycles. The van der Waals surface area contributed by atoms with Crippen LogP contribution in [0.5, 0.6) is 5.75 Å². The maximum absolute atomic E-state index is 5.27. The highest BCUT2D eigenvalue weighted by Gasteiger charge is 2.16. The topological polar surface area (TPSA) is 34.2 Å². The number of aryl methyl sites for hydroxylation is 1. The molecule has 1 unspecified atom stereocenters. The predicted molar refractivity (Wildman–Crippen MR) is 82.5 cm³/mol. The third-order valence-corrected chi connectivity index (χ3v) is 4.87. The first kappa shape index (κ1) is 14.5. The predicted octanol–water partition coefficient (Wildman–Crippen LogP) is 3.81. The molecule has 2 heterocycles. The Hall–Kier alpha value is -0.910. The van der Waals surface area contributed by atoms with Crippen LogP contribution in [0.25, 0.3) is 0 Å². The number of nitrogens with one attached hydrogen (secondary N) is 1. The Morgan fingerprint density at radius 1 is 1.37 bits per heavy atom. The molecule has 0 bridgehead atoms. The van der Waals surface area contributed by atoms with E-state index in [1.807, 2.05) is 6.92 Å². The maximum Gasteiger partial charge on any atom is 0.129 e. The van der Waals surface area contributed by atoms with Crippen LogP contribution < -0.4 is 10.1 Å². The zero-order valence-electron chi connectivity index (χ0n) is 11.6. The van der Waals surface area contributed by atoms with E-state index in [0.717, 1.165) is 30.8 Å². The normalized spacial score (nSPS) is 12.6. The summed E-state index contributed by atoms with van der Waals surface area (Å²) in [6.07, 6.45) is 2.08. The van der Waals surface area contributed by atoms with Gasteiger partial charge in [-0.05, 0) is 26.0 Å². The third-order valence-electron chi connectivity index (χ3n) is 2.86. The summed E-state index contributed by atoms with van der Waals surface area (Å²) in [5, 5.41) is 8.97. The summed E-state index contributed by atoms with van der Waals surface area (Å²) >= 11 is 3.49. The number of hydrogen-bond donors (Lipinski definition) is 1. The minimum atomic E-state index is 0.333. The average molecular weight is 296 g/mol. The lowest BCUT2D eigenvalue weighted by atomic mass is 10.1. The fourth-order valence-electron chi connectivity index (χ4n) is 1.89. The summed E-state index contributed by atoms with van der Waals surface area (Å²) in [5.74, 6) is 0.943. The molecule has 1 atom stereocenters. The van der Waals surface area contributed by atoms with Crippen molar-refractivity contribution in [1.29, 1.82) is 0 Å². The monoisotopic (exact) mass is 296 g/mol. The van der Waals surface area contributed by atoms with Crippen molar-refractivity contribution in [3.05, 3.63) is 32.4 Å². The van der Waals surface area contributed by atoms with E-state index in [1.165, 1.54) is 9.88 Å². The van der Waals surface area contributed by atoms with Crippen molar-refractivity contribution in [2.24, 2.45) is 0 Å². The largest absolute Gasteiger partial charge is 0.496 e. The summed E-state index contributed by atoms with van der Waals surface area (Å²) in [7, 11) is 1.71. The number of rotatable bonds is 7. The number of ether oxygens (including phenoxy) is 1. The second kappa shape index (κ2) is 7.03. The SMILES string of the molecule is CCCNC(Cc1nc(C)cs1)c1cc(OC)cs1. The first-order valence-electron chi connectivity index (χ1n) is 6.49. The summed E-state index contributed by atoms with van der Waals surface area (Å²) in [6, 6.07) is 2.46. The van der Waals surface area contributed by atoms with Crippen LogP contribution in [-0.4, -0.2) is 18.6 Å². The molecule has 104 valence electrons. The molecule has 2 aromatic heterocycles. The van der Waals surface area contributed by atoms with Crippen molar-refractivity contribution in [2.75, 3.05) is 13.7 Å². The molecule has 0 saturated heterocycles. The Balaban J connectivity index is 2.10. The summed E-state index contributed by atoms with van der Waals surface area (Å²) < 4.78 is 5.27. The minimum Gasteiger partial charge on any atom is -0.496 e. The quantitative estimate of drug-likeness (QED) is 0.843. The van der Waals surface area contributed by atoms with E-state index in [-0.39, 0.29) is 0 Å². The molecular formula is C14H20N2OS2. The van der Waals surface area contributed by atoms with Crippen LogP contribution in [0.2, 0.25) is 0 Å². The Bertz CT molecular complexity index is 507. The average Bonchev–Trinajstić information content (AvgIpc) is 3.03. The molecule has 0 radical (unpaired) electrons. The van der Waals surface area contributed by atoms with Gasteiger partial charge in [-0.15, -0.1) is 22.7 Å². The van der Waals surface area contributed by atoms with E-state index < -0.39 is 0 Å². The smallest absolute Gasteiger partial charge is 0.129 e. The molecule has 2 rings (SSSR count). The van der Waals surface area contributed by atoms with E-state index in [2.05, 4.69) is 34.1 Å². The van der Waals surface area contributed by atoms with E-state index in [0.29, 0.717) is 6.04 Å². The highest BCUT2D eigenvalue weighted by molar-refractivity contribution is 7.10. The van der Waals surface area contributed by atoms with Gasteiger partial charge in [-0.3, -0.25) is 0 Å². The van der Waals surface area contributed by atoms with Gasteiger partial charge in [0.2, 0.25) is 0 Å². The van der Waals surface area contributed by atoms with Crippen LogP contribution in [0.15, 0.2) is 16.8 Å². The molecule has 0 fully saturated rings. The molecule has 0 amide bonds. The highest BCUT2D eigenvalue weighted by atomic mass is 32.1. The molecule has 1 N–H and O–H groups in total. The maximum atomic E-state index is 5.27. The molecule has 19 heavy (non-hydrogen) atoms. The van der Waals surface area contributed by atoms with Gasteiger partial charge < -0.3 is 10.1 Å². The van der Waals surface area contributed by atoms with Crippen LogP contribution in [0.4, 0.5) is 0 Å². The van der Waals surface area contributed by atoms with Gasteiger partial charge in [0.1, 0.15) is 5.75 Å². The second-order valence-electron chi connectivity index (χ2n) is 4.48. The summed E-state index contributed by atoms with van der Waals surface area (Å²) in [6.45, 7) is 5.25. The van der Waals surface area contributed by atoms with Crippen LogP contribution in [0.3, 0.4) is 0 Å². The lowest BCUT2D eigenvalue weighted by Crippen LogP contribution is -2.23. The Kier molecular flexibility index (Phi) is 5.36. The molecule has 2 aromatic rings. The van der Waals surface area contributed by atoms with E-state index in [1.54, 1.807) is 29.8 Å². The van der Waals surface area contributed by atoms with Crippen molar-refractivity contribution in [2.45, 2.75) is 32.7 Å². The molecule has 0 saturated carbocycles. The Morgan fingerprint density at radius 3 is 2.79 bits per heavy atom. The zero-order chi connectivity index (χ0) is 13.7. The van der Waals surface area contributed by atoms with E-state index in [9.17, 15) is 0 Å². The molecular weight excluding hydrogens is 276 g/mol. The third kappa shape index (κ3) is 4.03. The number of hydrogen-bond acceptors (Lipinski definition) is 5. The molecule has 0 aliphatic carbocycles. The van der Waals surface area contributed by atoms with Gasteiger partial charge in [0.15, 0.2) is 0 Å². The molecule has 5 heteroatoms. The molecule has 3 nitrogen and oxygen atoms in total. The van der Waals surface area contributed by atoms with Crippen molar-refractivity contribution in [3.8, 4) is 5.75 Å². The van der Waals surface area contributed by atoms with Crippen LogP contribution >= 0.6 is 22.7 Å². The summed E-state index contributed by atoms with van der Waals surface area (Å²) in [5.41, 5.74) is 1.11. The van der Waals surface area contributed by atoms with Crippen molar-refractivity contribution in [3.63, 3.8) is 0 Å². The van der Waals surface area contributed by atoms with Crippen molar-refractivity contribution in [1.82, 2.24) is 10.3 Å². The first-order valence-corrected chi connectivity index (χ1v) is 8.25. The van der Waals surface area contributed by atoms with Crippen molar-refractivity contribution < 1.29 is 4.74 Å². The zero-order valence-corrected chi connectivity index (χ0v) is 13.2. The fraction of sp³-hybridized carbons (Fsp3) is 0.500. The lowest BCUT2D eigenvalue weighted by Gasteiger charge is -2.15. The van der Waals surface area contributed by atoms with E-state index in [4.69, 9.17) is 4.74 Å². The second-order valence-corrected chi connectivity index (χ2v) is 6.37. The van der Waals surface area contributed by atoms with Crippen LogP contribution in [0, 0.1) is 6.92 Å². The fourth-order valence-corrected chi connectivity index (χ4v) is 3.64. The van der Waals surface area contributed by atoms with E-state index >= 15 is 0 Å². The number of aromatic nitrogens is 1. The minimum absolute atomic E-state index is 0.333. The Morgan fingerprint density at radius 2 is 2.21 bits per heavy atom. The first-order chi connectivity index (χ1) is 9.22. The number of methoxy groups -OCH3 is 1. The van der Waals surface area contributed by atoms with Crippen molar-refractivity contribution >= 4 is 22.7 Å². The molecule has 0 spiro atoms. The number of nitrogens with zero attached hydrogens (tertiary/aromatic N) is 1. The van der Waals surface area contributed by atoms with Crippen LogP contribution in [-0.2, 0) is 6.42 Å². The Labute approximate surface area is 122 Å². The number of thiazole rings is 1. The van der Waals surface area contributed by atoms with Gasteiger partial charge in [0.05, 0.1) is 12.1 Å². The van der Waals surface area contributed by atoms with Gasteiger partial charge >= 0.3 is 0 Å².